The summed E-state index contributed by atoms with van der Waals surface area (Å²) < 4.78 is 31.8. The molecule has 27 heavy (non-hydrogen) atoms. The van der Waals surface area contributed by atoms with Crippen molar-refractivity contribution in [1.82, 2.24) is 0 Å². The van der Waals surface area contributed by atoms with Crippen molar-refractivity contribution in [2.75, 3.05) is 72.7 Å². The summed E-state index contributed by atoms with van der Waals surface area (Å²) >= 11 is 0. The first-order valence-electron chi connectivity index (χ1n) is 9.89. The van der Waals surface area contributed by atoms with Gasteiger partial charge >= 0.3 is 5.97 Å². The van der Waals surface area contributed by atoms with Crippen LogP contribution in [0.2, 0.25) is 0 Å². The van der Waals surface area contributed by atoms with E-state index in [1.165, 1.54) is 19.3 Å². The van der Waals surface area contributed by atoms with E-state index in [-0.39, 0.29) is 6.61 Å². The fraction of sp³-hybridized carbons (Fsp3) is 0.850. The number of carbonyl (C=O) groups is 1. The molecule has 0 fully saturated rings. The lowest BCUT2D eigenvalue weighted by Gasteiger charge is -2.08. The molecule has 0 aromatic rings. The molecule has 0 rings (SSSR count). The third kappa shape index (κ3) is 21.2. The van der Waals surface area contributed by atoms with E-state index in [4.69, 9.17) is 28.4 Å². The van der Waals surface area contributed by atoms with Gasteiger partial charge in [-0.2, -0.15) is 0 Å². The first kappa shape index (κ1) is 26.0. The molecule has 0 bridgehead atoms. The Bertz CT molecular complexity index is 347. The smallest absolute Gasteiger partial charge is 0.333 e. The maximum Gasteiger partial charge on any atom is 0.333 e. The minimum Gasteiger partial charge on any atom is -0.460 e. The number of unbranched alkanes of at least 4 members (excludes halogenated alkanes) is 3. The van der Waals surface area contributed by atoms with Crippen molar-refractivity contribution in [3.05, 3.63) is 12.2 Å². The van der Waals surface area contributed by atoms with Crippen molar-refractivity contribution in [2.24, 2.45) is 0 Å². The van der Waals surface area contributed by atoms with Gasteiger partial charge in [0.2, 0.25) is 0 Å². The third-order valence-electron chi connectivity index (χ3n) is 3.44. The van der Waals surface area contributed by atoms with Crippen molar-refractivity contribution in [2.45, 2.75) is 39.5 Å². The number of hydrogen-bond donors (Lipinski definition) is 0. The van der Waals surface area contributed by atoms with Gasteiger partial charge in [-0.05, 0) is 13.3 Å². The molecule has 0 saturated carbocycles. The molecule has 0 spiro atoms. The Morgan fingerprint density at radius 3 is 1.44 bits per heavy atom. The molecule has 160 valence electrons. The van der Waals surface area contributed by atoms with Crippen molar-refractivity contribution in [3.63, 3.8) is 0 Å². The molecular weight excluding hydrogens is 352 g/mol. The number of carbonyl (C=O) groups excluding carboxylic acids is 1. The van der Waals surface area contributed by atoms with Crippen LogP contribution in [0.1, 0.15) is 39.5 Å². The van der Waals surface area contributed by atoms with Gasteiger partial charge in [0, 0.05) is 12.2 Å². The Morgan fingerprint density at radius 1 is 0.630 bits per heavy atom. The second-order valence-electron chi connectivity index (χ2n) is 6.04. The van der Waals surface area contributed by atoms with Gasteiger partial charge in [-0.25, -0.2) is 4.79 Å². The number of ether oxygens (including phenoxy) is 6. The highest BCUT2D eigenvalue weighted by molar-refractivity contribution is 5.86. The predicted octanol–water partition coefficient (Wildman–Crippen LogP) is 2.77. The summed E-state index contributed by atoms with van der Waals surface area (Å²) in [6.07, 6.45) is 4.90. The molecular formula is C20H38O7. The van der Waals surface area contributed by atoms with Crippen LogP contribution in [-0.4, -0.2) is 78.6 Å². The minimum atomic E-state index is -0.397. The predicted molar refractivity (Wildman–Crippen MR) is 104 cm³/mol. The summed E-state index contributed by atoms with van der Waals surface area (Å²) in [4.78, 5) is 11.1. The SMILES string of the molecule is C=C(C)C(=O)OCCOCCOCCOCCOCCOCCCCCC. The lowest BCUT2D eigenvalue weighted by Crippen LogP contribution is -2.15. The van der Waals surface area contributed by atoms with Gasteiger partial charge in [-0.3, -0.25) is 0 Å². The van der Waals surface area contributed by atoms with Gasteiger partial charge in [0.1, 0.15) is 6.61 Å². The number of rotatable bonds is 21. The Hall–Kier alpha value is -0.990. The molecule has 0 N–H and O–H groups in total. The van der Waals surface area contributed by atoms with E-state index in [0.717, 1.165) is 13.0 Å². The molecule has 0 aliphatic heterocycles. The largest absolute Gasteiger partial charge is 0.460 e. The fourth-order valence-corrected chi connectivity index (χ4v) is 1.93. The summed E-state index contributed by atoms with van der Waals surface area (Å²) in [5.74, 6) is -0.397. The Balaban J connectivity index is 3.05. The Morgan fingerprint density at radius 2 is 1.04 bits per heavy atom. The quantitative estimate of drug-likeness (QED) is 0.169. The van der Waals surface area contributed by atoms with E-state index >= 15 is 0 Å². The molecule has 7 nitrogen and oxygen atoms in total. The van der Waals surface area contributed by atoms with Crippen LogP contribution in [0.15, 0.2) is 12.2 Å². The second kappa shape index (κ2) is 21.3. The Kier molecular flexibility index (Phi) is 20.5. The number of hydrogen-bond acceptors (Lipinski definition) is 7. The number of esters is 1. The molecule has 0 aliphatic rings. The molecule has 0 radical (unpaired) electrons. The van der Waals surface area contributed by atoms with Crippen LogP contribution in [0, 0.1) is 0 Å². The zero-order valence-corrected chi connectivity index (χ0v) is 17.2. The molecule has 0 atom stereocenters. The van der Waals surface area contributed by atoms with Gasteiger partial charge in [0.05, 0.1) is 59.5 Å². The van der Waals surface area contributed by atoms with E-state index in [1.54, 1.807) is 6.92 Å². The van der Waals surface area contributed by atoms with Crippen LogP contribution in [0.5, 0.6) is 0 Å². The van der Waals surface area contributed by atoms with Crippen molar-refractivity contribution in [1.29, 1.82) is 0 Å². The molecule has 0 amide bonds. The first-order valence-corrected chi connectivity index (χ1v) is 9.89. The average molecular weight is 391 g/mol. The van der Waals surface area contributed by atoms with Crippen molar-refractivity contribution in [3.8, 4) is 0 Å². The van der Waals surface area contributed by atoms with Crippen molar-refractivity contribution < 1.29 is 33.2 Å². The van der Waals surface area contributed by atoms with Gasteiger partial charge in [0.25, 0.3) is 0 Å². The lowest BCUT2D eigenvalue weighted by molar-refractivity contribution is -0.140. The maximum atomic E-state index is 11.1. The van der Waals surface area contributed by atoms with Crippen molar-refractivity contribution >= 4 is 5.97 Å². The van der Waals surface area contributed by atoms with Crippen LogP contribution in [0.25, 0.3) is 0 Å². The molecule has 0 saturated heterocycles. The van der Waals surface area contributed by atoms with Crippen LogP contribution < -0.4 is 0 Å². The van der Waals surface area contributed by atoms with Gasteiger partial charge in [-0.15, -0.1) is 0 Å². The highest BCUT2D eigenvalue weighted by Gasteiger charge is 2.01. The summed E-state index contributed by atoms with van der Waals surface area (Å²) in [5.41, 5.74) is 0.384. The van der Waals surface area contributed by atoms with Crippen LogP contribution >= 0.6 is 0 Å². The van der Waals surface area contributed by atoms with E-state index in [0.29, 0.717) is 65.0 Å². The van der Waals surface area contributed by atoms with Crippen LogP contribution in [0.4, 0.5) is 0 Å². The summed E-state index contributed by atoms with van der Waals surface area (Å²) in [7, 11) is 0. The zero-order chi connectivity index (χ0) is 20.0. The molecule has 0 heterocycles. The van der Waals surface area contributed by atoms with Gasteiger partial charge in [0.15, 0.2) is 0 Å². The molecule has 0 aromatic carbocycles. The van der Waals surface area contributed by atoms with E-state index in [9.17, 15) is 4.79 Å². The van der Waals surface area contributed by atoms with E-state index < -0.39 is 5.97 Å². The molecule has 0 unspecified atom stereocenters. The van der Waals surface area contributed by atoms with Gasteiger partial charge < -0.3 is 28.4 Å². The fourth-order valence-electron chi connectivity index (χ4n) is 1.93. The summed E-state index contributed by atoms with van der Waals surface area (Å²) in [6, 6.07) is 0. The highest BCUT2D eigenvalue weighted by Crippen LogP contribution is 1.98. The summed E-state index contributed by atoms with van der Waals surface area (Å²) in [5, 5.41) is 0. The van der Waals surface area contributed by atoms with E-state index in [2.05, 4.69) is 13.5 Å². The topological polar surface area (TPSA) is 72.5 Å². The molecule has 7 heteroatoms. The monoisotopic (exact) mass is 390 g/mol. The maximum absolute atomic E-state index is 11.1. The highest BCUT2D eigenvalue weighted by atomic mass is 16.6. The first-order chi connectivity index (χ1) is 13.2. The van der Waals surface area contributed by atoms with E-state index in [1.807, 2.05) is 0 Å². The van der Waals surface area contributed by atoms with Gasteiger partial charge in [-0.1, -0.05) is 32.8 Å². The second-order valence-corrected chi connectivity index (χ2v) is 6.04. The molecule has 0 aromatic heterocycles. The summed E-state index contributed by atoms with van der Waals surface area (Å²) in [6.45, 7) is 13.0. The lowest BCUT2D eigenvalue weighted by atomic mass is 10.2. The average Bonchev–Trinajstić information content (AvgIpc) is 2.66. The third-order valence-corrected chi connectivity index (χ3v) is 3.44. The Labute approximate surface area is 164 Å². The standard InChI is InChI=1S/C20H38O7/c1-4-5-6-7-8-22-9-10-23-11-12-24-13-14-25-15-16-26-17-18-27-20(21)19(2)3/h2,4-18H2,1,3H3. The normalized spacial score (nSPS) is 10.9. The molecule has 0 aliphatic carbocycles. The zero-order valence-electron chi connectivity index (χ0n) is 17.2. The minimum absolute atomic E-state index is 0.221. The van der Waals surface area contributed by atoms with Crippen LogP contribution in [-0.2, 0) is 33.2 Å². The van der Waals surface area contributed by atoms with Crippen LogP contribution in [0.3, 0.4) is 0 Å².